The second-order valence-electron chi connectivity index (χ2n) is 6.18. The van der Waals surface area contributed by atoms with Crippen LogP contribution in [0.25, 0.3) is 11.5 Å². The van der Waals surface area contributed by atoms with E-state index in [1.807, 2.05) is 24.3 Å². The second-order valence-corrected chi connectivity index (χ2v) is 6.61. The minimum Gasteiger partial charge on any atom is -0.444 e. The molecule has 0 atom stereocenters. The number of hydrogen-bond acceptors (Lipinski definition) is 4. The molecule has 5 heteroatoms. The van der Waals surface area contributed by atoms with E-state index in [-0.39, 0.29) is 0 Å². The van der Waals surface area contributed by atoms with Crippen LogP contribution in [-0.2, 0) is 6.54 Å². The SMILES string of the molecule is OC1(C2CC2)CN(Cc2coc(-c3cccc(Cl)c3)n2)C1. The lowest BCUT2D eigenvalue weighted by molar-refractivity contribution is -0.117. The largest absolute Gasteiger partial charge is 0.444 e. The summed E-state index contributed by atoms with van der Waals surface area (Å²) in [4.78, 5) is 6.71. The molecule has 1 aromatic heterocycles. The molecule has 0 unspecified atom stereocenters. The molecule has 0 spiro atoms. The highest BCUT2D eigenvalue weighted by Gasteiger charge is 2.51. The molecule has 110 valence electrons. The van der Waals surface area contributed by atoms with Gasteiger partial charge in [-0.1, -0.05) is 17.7 Å². The van der Waals surface area contributed by atoms with Gasteiger partial charge < -0.3 is 9.52 Å². The fourth-order valence-corrected chi connectivity index (χ4v) is 3.27. The Balaban J connectivity index is 1.41. The van der Waals surface area contributed by atoms with E-state index < -0.39 is 5.60 Å². The molecule has 0 amide bonds. The molecule has 1 aromatic carbocycles. The maximum atomic E-state index is 10.3. The average Bonchev–Trinajstić information content (AvgIpc) is 3.18. The third kappa shape index (κ3) is 2.59. The molecule has 2 fully saturated rings. The zero-order valence-corrected chi connectivity index (χ0v) is 12.4. The maximum Gasteiger partial charge on any atom is 0.226 e. The van der Waals surface area contributed by atoms with Gasteiger partial charge in [0, 0.05) is 30.2 Å². The van der Waals surface area contributed by atoms with Crippen LogP contribution in [0, 0.1) is 5.92 Å². The summed E-state index contributed by atoms with van der Waals surface area (Å²) in [6.45, 7) is 2.22. The first-order chi connectivity index (χ1) is 10.1. The molecule has 1 aliphatic heterocycles. The summed E-state index contributed by atoms with van der Waals surface area (Å²) in [5.41, 5.74) is 1.33. The average molecular weight is 305 g/mol. The first-order valence-electron chi connectivity index (χ1n) is 7.27. The van der Waals surface area contributed by atoms with Crippen LogP contribution in [0.5, 0.6) is 0 Å². The lowest BCUT2D eigenvalue weighted by Crippen LogP contribution is -2.62. The Hall–Kier alpha value is -1.36. The van der Waals surface area contributed by atoms with Crippen LogP contribution in [0.4, 0.5) is 0 Å². The van der Waals surface area contributed by atoms with Crippen LogP contribution in [0.3, 0.4) is 0 Å². The fraction of sp³-hybridized carbons (Fsp3) is 0.438. The van der Waals surface area contributed by atoms with E-state index in [1.54, 1.807) is 6.26 Å². The fourth-order valence-electron chi connectivity index (χ4n) is 3.08. The highest BCUT2D eigenvalue weighted by molar-refractivity contribution is 6.30. The third-order valence-corrected chi connectivity index (χ3v) is 4.58. The molecule has 4 rings (SSSR count). The number of aromatic nitrogens is 1. The number of oxazole rings is 1. The second kappa shape index (κ2) is 4.83. The zero-order valence-electron chi connectivity index (χ0n) is 11.6. The van der Waals surface area contributed by atoms with Crippen molar-refractivity contribution in [1.82, 2.24) is 9.88 Å². The Morgan fingerprint density at radius 2 is 2.19 bits per heavy atom. The van der Waals surface area contributed by atoms with Gasteiger partial charge in [-0.05, 0) is 37.0 Å². The minimum absolute atomic E-state index is 0.445. The van der Waals surface area contributed by atoms with Gasteiger partial charge in [0.15, 0.2) is 0 Å². The molecule has 1 saturated heterocycles. The van der Waals surface area contributed by atoms with Gasteiger partial charge in [0.05, 0.1) is 11.3 Å². The van der Waals surface area contributed by atoms with Gasteiger partial charge in [-0.2, -0.15) is 0 Å². The van der Waals surface area contributed by atoms with E-state index in [0.29, 0.717) is 16.8 Å². The molecule has 4 nitrogen and oxygen atoms in total. The Labute approximate surface area is 128 Å². The van der Waals surface area contributed by atoms with Crippen molar-refractivity contribution in [2.45, 2.75) is 25.0 Å². The van der Waals surface area contributed by atoms with Crippen LogP contribution < -0.4 is 0 Å². The zero-order chi connectivity index (χ0) is 14.4. The summed E-state index contributed by atoms with van der Waals surface area (Å²) in [5.74, 6) is 1.11. The van der Waals surface area contributed by atoms with Crippen molar-refractivity contribution in [1.29, 1.82) is 0 Å². The van der Waals surface area contributed by atoms with E-state index in [2.05, 4.69) is 9.88 Å². The van der Waals surface area contributed by atoms with Gasteiger partial charge in [0.25, 0.3) is 0 Å². The molecular formula is C16H17ClN2O2. The number of aliphatic hydroxyl groups is 1. The van der Waals surface area contributed by atoms with Crippen LogP contribution in [0.1, 0.15) is 18.5 Å². The summed E-state index contributed by atoms with van der Waals surface area (Å²) in [5, 5.41) is 11.0. The molecule has 1 N–H and O–H groups in total. The lowest BCUT2D eigenvalue weighted by atomic mass is 9.89. The summed E-state index contributed by atoms with van der Waals surface area (Å²) in [7, 11) is 0. The number of halogens is 1. The van der Waals surface area contributed by atoms with Crippen molar-refractivity contribution in [3.8, 4) is 11.5 Å². The molecule has 2 aromatic rings. The third-order valence-electron chi connectivity index (χ3n) is 4.34. The summed E-state index contributed by atoms with van der Waals surface area (Å²) in [6.07, 6.45) is 4.03. The number of nitrogens with zero attached hydrogens (tertiary/aromatic N) is 2. The summed E-state index contributed by atoms with van der Waals surface area (Å²) >= 11 is 5.98. The van der Waals surface area contributed by atoms with Crippen LogP contribution >= 0.6 is 11.6 Å². The number of rotatable bonds is 4. The van der Waals surface area contributed by atoms with Crippen LogP contribution in [0.2, 0.25) is 5.02 Å². The van der Waals surface area contributed by atoms with Crippen molar-refractivity contribution < 1.29 is 9.52 Å². The highest BCUT2D eigenvalue weighted by Crippen LogP contribution is 2.44. The van der Waals surface area contributed by atoms with E-state index in [0.717, 1.165) is 30.9 Å². The normalized spacial score (nSPS) is 21.2. The topological polar surface area (TPSA) is 49.5 Å². The van der Waals surface area contributed by atoms with E-state index in [4.69, 9.17) is 16.0 Å². The molecule has 0 bridgehead atoms. The predicted octanol–water partition coefficient (Wildman–Crippen LogP) is 2.95. The molecule has 2 heterocycles. The van der Waals surface area contributed by atoms with E-state index >= 15 is 0 Å². The van der Waals surface area contributed by atoms with Crippen molar-refractivity contribution in [3.63, 3.8) is 0 Å². The van der Waals surface area contributed by atoms with Gasteiger partial charge in [-0.15, -0.1) is 0 Å². The Morgan fingerprint density at radius 1 is 1.38 bits per heavy atom. The predicted molar refractivity (Wildman–Crippen MR) is 79.9 cm³/mol. The van der Waals surface area contributed by atoms with Gasteiger partial charge in [0.1, 0.15) is 6.26 Å². The molecule has 0 radical (unpaired) electrons. The first kappa shape index (κ1) is 13.3. The van der Waals surface area contributed by atoms with Crippen molar-refractivity contribution >= 4 is 11.6 Å². The van der Waals surface area contributed by atoms with Crippen molar-refractivity contribution in [3.05, 3.63) is 41.2 Å². The summed E-state index contributed by atoms with van der Waals surface area (Å²) in [6, 6.07) is 7.48. The number of β-amino-alcohol motifs (C(OH)–C–C–N with tert-alkyl or cyclic N) is 1. The van der Waals surface area contributed by atoms with Crippen molar-refractivity contribution in [2.75, 3.05) is 13.1 Å². The van der Waals surface area contributed by atoms with Crippen molar-refractivity contribution in [2.24, 2.45) is 5.92 Å². The monoisotopic (exact) mass is 304 g/mol. The first-order valence-corrected chi connectivity index (χ1v) is 7.65. The van der Waals surface area contributed by atoms with Gasteiger partial charge in [-0.3, -0.25) is 4.90 Å². The maximum absolute atomic E-state index is 10.3. The van der Waals surface area contributed by atoms with Gasteiger partial charge in [-0.25, -0.2) is 4.98 Å². The Kier molecular flexibility index (Phi) is 3.06. The Bertz CT molecular complexity index is 660. The lowest BCUT2D eigenvalue weighted by Gasteiger charge is -2.46. The van der Waals surface area contributed by atoms with Gasteiger partial charge in [0.2, 0.25) is 5.89 Å². The number of benzene rings is 1. The smallest absolute Gasteiger partial charge is 0.226 e. The number of likely N-dealkylation sites (tertiary alicyclic amines) is 1. The standard InChI is InChI=1S/C16H17ClN2O2/c17-13-3-1-2-11(6-13)15-18-14(8-21-15)7-19-9-16(20,10-19)12-4-5-12/h1-3,6,8,12,20H,4-5,7,9-10H2. The number of hydrogen-bond donors (Lipinski definition) is 1. The molecule has 1 saturated carbocycles. The molecule has 21 heavy (non-hydrogen) atoms. The molecule has 1 aliphatic carbocycles. The Morgan fingerprint density at radius 3 is 2.90 bits per heavy atom. The minimum atomic E-state index is -0.445. The van der Waals surface area contributed by atoms with Crippen LogP contribution in [0.15, 0.2) is 34.9 Å². The molecular weight excluding hydrogens is 288 g/mol. The van der Waals surface area contributed by atoms with E-state index in [9.17, 15) is 5.11 Å². The summed E-state index contributed by atoms with van der Waals surface area (Å²) < 4.78 is 5.53. The van der Waals surface area contributed by atoms with Crippen LogP contribution in [-0.4, -0.2) is 33.7 Å². The molecule has 2 aliphatic rings. The van der Waals surface area contributed by atoms with E-state index in [1.165, 1.54) is 12.8 Å². The van der Waals surface area contributed by atoms with Gasteiger partial charge >= 0.3 is 0 Å². The highest BCUT2D eigenvalue weighted by atomic mass is 35.5. The quantitative estimate of drug-likeness (QED) is 0.943.